The lowest BCUT2D eigenvalue weighted by molar-refractivity contribution is 0.413. The van der Waals surface area contributed by atoms with Crippen LogP contribution < -0.4 is 0 Å². The molecule has 0 aromatic carbocycles. The highest BCUT2D eigenvalue weighted by atomic mass is 14.3. The van der Waals surface area contributed by atoms with E-state index < -0.39 is 0 Å². The van der Waals surface area contributed by atoms with Crippen LogP contribution in [0.1, 0.15) is 58.3 Å². The molecule has 2 saturated carbocycles. The molecule has 0 amide bonds. The first-order valence-electron chi connectivity index (χ1n) is 5.71. The molecule has 12 heavy (non-hydrogen) atoms. The minimum atomic E-state index is 1.02. The molecule has 0 aromatic rings. The summed E-state index contributed by atoms with van der Waals surface area (Å²) in [5.74, 6) is 4.00. The zero-order chi connectivity index (χ0) is 8.39. The van der Waals surface area contributed by atoms with Crippen LogP contribution in [0.25, 0.3) is 0 Å². The first-order valence-corrected chi connectivity index (χ1v) is 5.71. The lowest BCUT2D eigenvalue weighted by Gasteiger charge is -2.26. The second-order valence-electron chi connectivity index (χ2n) is 4.83. The highest BCUT2D eigenvalue weighted by Gasteiger charge is 2.29. The van der Waals surface area contributed by atoms with Crippen LogP contribution >= 0.6 is 0 Å². The summed E-state index contributed by atoms with van der Waals surface area (Å²) in [6, 6.07) is 0. The smallest absolute Gasteiger partial charge is 0.0210 e. The van der Waals surface area contributed by atoms with Gasteiger partial charge in [-0.2, -0.15) is 0 Å². The average Bonchev–Trinajstić information content (AvgIpc) is 2.54. The molecule has 0 spiro atoms. The Morgan fingerprint density at radius 2 is 1.75 bits per heavy atom. The molecule has 0 nitrogen and oxygen atoms in total. The number of hydrogen-bond acceptors (Lipinski definition) is 0. The molecule has 0 bridgehead atoms. The fraction of sp³-hybridized carbons (Fsp3) is 0.917. The van der Waals surface area contributed by atoms with E-state index in [1.807, 2.05) is 5.92 Å². The minimum absolute atomic E-state index is 1.02. The zero-order valence-corrected chi connectivity index (χ0v) is 8.31. The van der Waals surface area contributed by atoms with Crippen molar-refractivity contribution in [1.82, 2.24) is 0 Å². The third kappa shape index (κ3) is 1.84. The normalized spacial score (nSPS) is 38.8. The maximum absolute atomic E-state index is 2.42. The second-order valence-corrected chi connectivity index (χ2v) is 4.83. The quantitative estimate of drug-likeness (QED) is 0.551. The van der Waals surface area contributed by atoms with Crippen molar-refractivity contribution in [2.75, 3.05) is 0 Å². The molecular weight excluding hydrogens is 144 g/mol. The van der Waals surface area contributed by atoms with Gasteiger partial charge in [0.1, 0.15) is 0 Å². The van der Waals surface area contributed by atoms with Crippen molar-refractivity contribution in [2.45, 2.75) is 58.3 Å². The summed E-state index contributed by atoms with van der Waals surface area (Å²) in [4.78, 5) is 0. The molecule has 0 aromatic heterocycles. The Kier molecular flexibility index (Phi) is 2.73. The van der Waals surface area contributed by atoms with Crippen LogP contribution in [0, 0.1) is 17.8 Å². The third-order valence-electron chi connectivity index (χ3n) is 3.77. The van der Waals surface area contributed by atoms with Gasteiger partial charge in [-0.1, -0.05) is 32.6 Å². The van der Waals surface area contributed by atoms with Crippen LogP contribution in [0.5, 0.6) is 0 Å². The molecule has 0 saturated heterocycles. The van der Waals surface area contributed by atoms with Crippen molar-refractivity contribution in [3.05, 3.63) is 5.92 Å². The summed E-state index contributed by atoms with van der Waals surface area (Å²) < 4.78 is 0. The predicted octanol–water partition coefficient (Wildman–Crippen LogP) is 3.96. The van der Waals surface area contributed by atoms with Crippen LogP contribution in [-0.4, -0.2) is 0 Å². The lowest BCUT2D eigenvalue weighted by Crippen LogP contribution is -2.13. The van der Waals surface area contributed by atoms with Gasteiger partial charge in [0.25, 0.3) is 0 Å². The van der Waals surface area contributed by atoms with Crippen LogP contribution in [0.2, 0.25) is 0 Å². The Morgan fingerprint density at radius 1 is 1.00 bits per heavy atom. The summed E-state index contributed by atoms with van der Waals surface area (Å²) in [5.41, 5.74) is 0. The van der Waals surface area contributed by atoms with Gasteiger partial charge >= 0.3 is 0 Å². The van der Waals surface area contributed by atoms with Crippen molar-refractivity contribution < 1.29 is 0 Å². The van der Waals surface area contributed by atoms with Crippen molar-refractivity contribution in [3.8, 4) is 0 Å². The Morgan fingerprint density at radius 3 is 2.33 bits per heavy atom. The summed E-state index contributed by atoms with van der Waals surface area (Å²) in [7, 11) is 0. The Hall–Kier alpha value is 0. The third-order valence-corrected chi connectivity index (χ3v) is 3.77. The van der Waals surface area contributed by atoms with Gasteiger partial charge in [-0.3, -0.25) is 0 Å². The van der Waals surface area contributed by atoms with Crippen LogP contribution in [0.3, 0.4) is 0 Å². The molecule has 2 atom stereocenters. The maximum atomic E-state index is 2.42. The van der Waals surface area contributed by atoms with Crippen LogP contribution in [-0.2, 0) is 0 Å². The van der Waals surface area contributed by atoms with Crippen LogP contribution in [0.15, 0.2) is 0 Å². The number of hydrogen-bond donors (Lipinski definition) is 0. The standard InChI is InChI=1S/C12H21/c1-10-7-8-12(9-10)11-5-3-2-4-6-11/h10,12H,2-9H2,1H3. The van der Waals surface area contributed by atoms with Crippen molar-refractivity contribution in [1.29, 1.82) is 0 Å². The fourth-order valence-electron chi connectivity index (χ4n) is 2.99. The van der Waals surface area contributed by atoms with Crippen molar-refractivity contribution in [2.24, 2.45) is 11.8 Å². The molecule has 0 heterocycles. The maximum Gasteiger partial charge on any atom is -0.0210 e. The van der Waals surface area contributed by atoms with E-state index in [0.29, 0.717) is 0 Å². The largest absolute Gasteiger partial charge is 0.0625 e. The second kappa shape index (κ2) is 3.81. The van der Waals surface area contributed by atoms with Gasteiger partial charge in [-0.05, 0) is 43.4 Å². The molecule has 2 rings (SSSR count). The SMILES string of the molecule is CC1CCC([C]2CCCCC2)C1. The van der Waals surface area contributed by atoms with E-state index in [9.17, 15) is 0 Å². The monoisotopic (exact) mass is 165 g/mol. The lowest BCUT2D eigenvalue weighted by atomic mass is 9.79. The zero-order valence-electron chi connectivity index (χ0n) is 8.31. The van der Waals surface area contributed by atoms with Gasteiger partial charge in [0.05, 0.1) is 0 Å². The van der Waals surface area contributed by atoms with Crippen molar-refractivity contribution in [3.63, 3.8) is 0 Å². The average molecular weight is 165 g/mol. The Bertz CT molecular complexity index is 130. The summed E-state index contributed by atoms with van der Waals surface area (Å²) in [5, 5.41) is 0. The summed E-state index contributed by atoms with van der Waals surface area (Å²) in [6.07, 6.45) is 11.9. The van der Waals surface area contributed by atoms with Gasteiger partial charge in [0.2, 0.25) is 0 Å². The molecule has 0 aliphatic heterocycles. The highest BCUT2D eigenvalue weighted by molar-refractivity contribution is 5.01. The van der Waals surface area contributed by atoms with E-state index in [0.717, 1.165) is 11.8 Å². The number of rotatable bonds is 1. The minimum Gasteiger partial charge on any atom is -0.0625 e. The van der Waals surface area contributed by atoms with E-state index in [2.05, 4.69) is 6.92 Å². The summed E-state index contributed by atoms with van der Waals surface area (Å²) in [6.45, 7) is 2.42. The summed E-state index contributed by atoms with van der Waals surface area (Å²) >= 11 is 0. The molecule has 2 fully saturated rings. The Balaban J connectivity index is 1.83. The molecule has 2 aliphatic rings. The molecule has 0 N–H and O–H groups in total. The topological polar surface area (TPSA) is 0 Å². The first-order chi connectivity index (χ1) is 5.86. The van der Waals surface area contributed by atoms with Gasteiger partial charge in [0, 0.05) is 0 Å². The highest BCUT2D eigenvalue weighted by Crippen LogP contribution is 2.42. The molecule has 2 unspecified atom stereocenters. The molecule has 69 valence electrons. The van der Waals surface area contributed by atoms with E-state index in [1.165, 1.54) is 51.4 Å². The van der Waals surface area contributed by atoms with Gasteiger partial charge in [-0.15, -0.1) is 0 Å². The fourth-order valence-corrected chi connectivity index (χ4v) is 2.99. The van der Waals surface area contributed by atoms with E-state index in [4.69, 9.17) is 0 Å². The first kappa shape index (κ1) is 8.59. The van der Waals surface area contributed by atoms with Gasteiger partial charge < -0.3 is 0 Å². The molecule has 2 aliphatic carbocycles. The molecular formula is C12H21. The van der Waals surface area contributed by atoms with Gasteiger partial charge in [-0.25, -0.2) is 0 Å². The molecule has 1 radical (unpaired) electrons. The molecule has 0 heteroatoms. The van der Waals surface area contributed by atoms with Crippen molar-refractivity contribution >= 4 is 0 Å². The van der Waals surface area contributed by atoms with E-state index in [1.54, 1.807) is 0 Å². The van der Waals surface area contributed by atoms with E-state index >= 15 is 0 Å². The van der Waals surface area contributed by atoms with Crippen LogP contribution in [0.4, 0.5) is 0 Å². The predicted molar refractivity (Wildman–Crippen MR) is 52.8 cm³/mol. The van der Waals surface area contributed by atoms with E-state index in [-0.39, 0.29) is 0 Å². The van der Waals surface area contributed by atoms with Gasteiger partial charge in [0.15, 0.2) is 0 Å². The Labute approximate surface area is 76.7 Å².